The van der Waals surface area contributed by atoms with Gasteiger partial charge < -0.3 is 9.67 Å². The molecule has 1 N–H and O–H groups in total. The predicted molar refractivity (Wildman–Crippen MR) is 132 cm³/mol. The summed E-state index contributed by atoms with van der Waals surface area (Å²) in [4.78, 5) is 25.8. The fourth-order valence-electron chi connectivity index (χ4n) is 4.15. The Balaban J connectivity index is 1.84. The molecule has 0 saturated heterocycles. The SMILES string of the molecule is Cn1cncc1C(O)(c1ccc(Cl)cc1)c1cnc2c(c1)c(-c1cccc(Cl)n1)cc(=O)n2C. The highest BCUT2D eigenvalue weighted by Crippen LogP contribution is 2.38. The van der Waals surface area contributed by atoms with Crippen molar-refractivity contribution in [3.63, 3.8) is 0 Å². The number of hydrogen-bond acceptors (Lipinski definition) is 5. The Morgan fingerprint density at radius 2 is 1.74 bits per heavy atom. The van der Waals surface area contributed by atoms with Crippen molar-refractivity contribution >= 4 is 34.2 Å². The first-order valence-electron chi connectivity index (χ1n) is 10.4. The third kappa shape index (κ3) is 3.58. The fraction of sp³-hybridized carbons (Fsp3) is 0.120. The molecule has 34 heavy (non-hydrogen) atoms. The third-order valence-corrected chi connectivity index (χ3v) is 6.39. The zero-order chi connectivity index (χ0) is 24.0. The van der Waals surface area contributed by atoms with Crippen molar-refractivity contribution in [2.75, 3.05) is 0 Å². The van der Waals surface area contributed by atoms with E-state index in [1.54, 1.807) is 72.8 Å². The maximum atomic E-state index is 12.7. The van der Waals surface area contributed by atoms with Crippen LogP contribution in [0.3, 0.4) is 0 Å². The molecule has 0 aliphatic carbocycles. The van der Waals surface area contributed by atoms with Gasteiger partial charge in [-0.3, -0.25) is 9.36 Å². The van der Waals surface area contributed by atoms with Crippen LogP contribution < -0.4 is 5.56 Å². The van der Waals surface area contributed by atoms with Crippen LogP contribution in [0.2, 0.25) is 10.2 Å². The monoisotopic (exact) mass is 491 g/mol. The molecule has 1 unspecified atom stereocenters. The first-order chi connectivity index (χ1) is 16.3. The highest BCUT2D eigenvalue weighted by atomic mass is 35.5. The van der Waals surface area contributed by atoms with Crippen LogP contribution in [0.5, 0.6) is 0 Å². The second-order valence-corrected chi connectivity index (χ2v) is 8.83. The average molecular weight is 492 g/mol. The number of hydrogen-bond donors (Lipinski definition) is 1. The fourth-order valence-corrected chi connectivity index (χ4v) is 4.44. The summed E-state index contributed by atoms with van der Waals surface area (Å²) in [6.07, 6.45) is 4.80. The van der Waals surface area contributed by atoms with E-state index >= 15 is 0 Å². The van der Waals surface area contributed by atoms with Crippen LogP contribution in [0.4, 0.5) is 0 Å². The third-order valence-electron chi connectivity index (χ3n) is 5.93. The van der Waals surface area contributed by atoms with E-state index in [-0.39, 0.29) is 5.56 Å². The standard InChI is InChI=1S/C25H19Cl2N5O2/c1-31-14-28-13-21(31)25(34,15-6-8-17(26)9-7-15)16-10-19-18(20-4-3-5-22(27)30-20)11-23(33)32(2)24(19)29-12-16/h3-14,34H,1-2H3. The maximum absolute atomic E-state index is 12.7. The second-order valence-electron chi connectivity index (χ2n) is 8.00. The lowest BCUT2D eigenvalue weighted by Crippen LogP contribution is -2.31. The number of fused-ring (bicyclic) bond motifs is 1. The van der Waals surface area contributed by atoms with E-state index in [2.05, 4.69) is 15.0 Å². The van der Waals surface area contributed by atoms with Gasteiger partial charge in [-0.1, -0.05) is 41.4 Å². The molecule has 0 fully saturated rings. The summed E-state index contributed by atoms with van der Waals surface area (Å²) in [6, 6.07) is 15.5. The van der Waals surface area contributed by atoms with E-state index in [0.29, 0.717) is 49.3 Å². The van der Waals surface area contributed by atoms with Gasteiger partial charge in [0.2, 0.25) is 0 Å². The van der Waals surface area contributed by atoms with Crippen molar-refractivity contribution in [2.45, 2.75) is 5.60 Å². The predicted octanol–water partition coefficient (Wildman–Crippen LogP) is 4.32. The maximum Gasteiger partial charge on any atom is 0.252 e. The normalized spacial score (nSPS) is 13.2. The Kier molecular flexibility index (Phi) is 5.48. The minimum atomic E-state index is -1.59. The quantitative estimate of drug-likeness (QED) is 0.378. The Labute approximate surface area is 204 Å². The Hall–Kier alpha value is -3.52. The van der Waals surface area contributed by atoms with E-state index in [9.17, 15) is 9.90 Å². The lowest BCUT2D eigenvalue weighted by atomic mass is 9.83. The largest absolute Gasteiger partial charge is 0.374 e. The summed E-state index contributed by atoms with van der Waals surface area (Å²) >= 11 is 12.2. The van der Waals surface area contributed by atoms with Crippen LogP contribution in [0.25, 0.3) is 22.3 Å². The molecular formula is C25H19Cl2N5O2. The first-order valence-corrected chi connectivity index (χ1v) is 11.1. The van der Waals surface area contributed by atoms with Crippen LogP contribution in [0.15, 0.2) is 78.1 Å². The van der Waals surface area contributed by atoms with Crippen molar-refractivity contribution in [3.05, 3.63) is 111 Å². The minimum absolute atomic E-state index is 0.232. The van der Waals surface area contributed by atoms with Crippen molar-refractivity contribution < 1.29 is 5.11 Å². The molecule has 1 aromatic carbocycles. The van der Waals surface area contributed by atoms with Gasteiger partial charge >= 0.3 is 0 Å². The summed E-state index contributed by atoms with van der Waals surface area (Å²) in [5.74, 6) is 0. The number of aliphatic hydroxyl groups is 1. The Morgan fingerprint density at radius 3 is 2.41 bits per heavy atom. The highest BCUT2D eigenvalue weighted by Gasteiger charge is 2.37. The molecule has 5 rings (SSSR count). The smallest absolute Gasteiger partial charge is 0.252 e. The molecule has 7 nitrogen and oxygen atoms in total. The lowest BCUT2D eigenvalue weighted by Gasteiger charge is -2.30. The van der Waals surface area contributed by atoms with Gasteiger partial charge in [0, 0.05) is 47.9 Å². The second kappa shape index (κ2) is 8.36. The molecule has 170 valence electrons. The molecule has 0 bridgehead atoms. The van der Waals surface area contributed by atoms with Crippen molar-refractivity contribution in [1.29, 1.82) is 0 Å². The van der Waals surface area contributed by atoms with E-state index in [0.717, 1.165) is 0 Å². The molecule has 0 aliphatic rings. The molecule has 4 heterocycles. The van der Waals surface area contributed by atoms with Gasteiger partial charge in [-0.15, -0.1) is 0 Å². The summed E-state index contributed by atoms with van der Waals surface area (Å²) in [5, 5.41) is 13.7. The number of aromatic nitrogens is 5. The van der Waals surface area contributed by atoms with Crippen LogP contribution in [-0.2, 0) is 19.7 Å². The Morgan fingerprint density at radius 1 is 0.971 bits per heavy atom. The summed E-state index contributed by atoms with van der Waals surface area (Å²) in [5.41, 5.74) is 1.36. The summed E-state index contributed by atoms with van der Waals surface area (Å²) < 4.78 is 3.21. The van der Waals surface area contributed by atoms with Crippen molar-refractivity contribution in [3.8, 4) is 11.3 Å². The number of aryl methyl sites for hydroxylation is 2. The Bertz CT molecular complexity index is 1590. The van der Waals surface area contributed by atoms with Crippen molar-refractivity contribution in [2.24, 2.45) is 14.1 Å². The van der Waals surface area contributed by atoms with Gasteiger partial charge in [0.15, 0.2) is 5.60 Å². The number of pyridine rings is 3. The van der Waals surface area contributed by atoms with Crippen LogP contribution in [0.1, 0.15) is 16.8 Å². The van der Waals surface area contributed by atoms with Gasteiger partial charge in [0.1, 0.15) is 10.8 Å². The number of rotatable bonds is 4. The van der Waals surface area contributed by atoms with Crippen molar-refractivity contribution in [1.82, 2.24) is 24.1 Å². The summed E-state index contributed by atoms with van der Waals surface area (Å²) in [7, 11) is 3.46. The summed E-state index contributed by atoms with van der Waals surface area (Å²) in [6.45, 7) is 0. The molecule has 0 spiro atoms. The number of halogens is 2. The zero-order valence-electron chi connectivity index (χ0n) is 18.3. The molecule has 9 heteroatoms. The van der Waals surface area contributed by atoms with Crippen LogP contribution in [-0.4, -0.2) is 29.2 Å². The molecule has 5 aromatic rings. The van der Waals surface area contributed by atoms with E-state index in [1.165, 1.54) is 10.6 Å². The minimum Gasteiger partial charge on any atom is -0.374 e. The average Bonchev–Trinajstić information content (AvgIpc) is 3.27. The number of imidazole rings is 1. The molecule has 0 aliphatic heterocycles. The molecule has 0 radical (unpaired) electrons. The first kappa shape index (κ1) is 22.3. The molecular weight excluding hydrogens is 473 g/mol. The molecule has 1 atom stereocenters. The highest BCUT2D eigenvalue weighted by molar-refractivity contribution is 6.30. The van der Waals surface area contributed by atoms with Gasteiger partial charge in [0.05, 0.1) is 23.9 Å². The molecule has 4 aromatic heterocycles. The zero-order valence-corrected chi connectivity index (χ0v) is 19.8. The molecule has 0 saturated carbocycles. The van der Waals surface area contributed by atoms with Gasteiger partial charge in [0.25, 0.3) is 5.56 Å². The number of benzene rings is 1. The topological polar surface area (TPSA) is 85.8 Å². The molecule has 0 amide bonds. The van der Waals surface area contributed by atoms with Crippen LogP contribution in [0, 0.1) is 0 Å². The van der Waals surface area contributed by atoms with E-state index in [1.807, 2.05) is 13.1 Å². The van der Waals surface area contributed by atoms with Gasteiger partial charge in [-0.25, -0.2) is 15.0 Å². The van der Waals surface area contributed by atoms with E-state index in [4.69, 9.17) is 23.2 Å². The lowest BCUT2D eigenvalue weighted by molar-refractivity contribution is 0.117. The van der Waals surface area contributed by atoms with E-state index < -0.39 is 5.60 Å². The van der Waals surface area contributed by atoms with Gasteiger partial charge in [-0.2, -0.15) is 0 Å². The van der Waals surface area contributed by atoms with Gasteiger partial charge in [-0.05, 0) is 35.9 Å². The number of nitrogens with zero attached hydrogens (tertiary/aromatic N) is 5. The van der Waals surface area contributed by atoms with Crippen LogP contribution >= 0.6 is 23.2 Å².